The van der Waals surface area contributed by atoms with E-state index < -0.39 is 10.0 Å². The summed E-state index contributed by atoms with van der Waals surface area (Å²) < 4.78 is 24.8. The number of nitrogens with one attached hydrogen (secondary N) is 1. The van der Waals surface area contributed by atoms with Crippen LogP contribution >= 0.6 is 11.3 Å². The Morgan fingerprint density at radius 1 is 1.14 bits per heavy atom. The summed E-state index contributed by atoms with van der Waals surface area (Å²) in [5, 5.41) is 7.86. The lowest BCUT2D eigenvalue weighted by molar-refractivity contribution is 0.102. The normalized spacial score (nSPS) is 11.6. The number of carbonyl (C=O) groups excluding carboxylic acids is 1. The Morgan fingerprint density at radius 3 is 2.57 bits per heavy atom. The molecule has 4 aromatic rings. The Morgan fingerprint density at radius 2 is 1.89 bits per heavy atom. The molecule has 2 heterocycles. The van der Waals surface area contributed by atoms with Crippen LogP contribution in [0.25, 0.3) is 16.2 Å². The lowest BCUT2D eigenvalue weighted by Crippen LogP contribution is -2.14. The summed E-state index contributed by atoms with van der Waals surface area (Å²) in [7, 11) is -3.84. The van der Waals surface area contributed by atoms with E-state index in [1.807, 2.05) is 47.9 Å². The molecular weight excluding hydrogens is 396 g/mol. The molecule has 0 bridgehead atoms. The van der Waals surface area contributed by atoms with Gasteiger partial charge in [-0.15, -0.1) is 0 Å². The van der Waals surface area contributed by atoms with Crippen LogP contribution in [0.3, 0.4) is 0 Å². The maximum Gasteiger partial charge on any atom is 0.267 e. The molecule has 0 radical (unpaired) electrons. The fraction of sp³-hybridized carbons (Fsp3) is 0.0526. The number of aromatic nitrogens is 2. The molecule has 0 aliphatic rings. The van der Waals surface area contributed by atoms with Crippen molar-refractivity contribution >= 4 is 37.9 Å². The van der Waals surface area contributed by atoms with E-state index in [0.717, 1.165) is 17.0 Å². The van der Waals surface area contributed by atoms with Crippen molar-refractivity contribution in [2.75, 3.05) is 5.32 Å². The van der Waals surface area contributed by atoms with E-state index in [2.05, 4.69) is 10.3 Å². The van der Waals surface area contributed by atoms with Crippen molar-refractivity contribution in [3.05, 3.63) is 71.4 Å². The van der Waals surface area contributed by atoms with Gasteiger partial charge >= 0.3 is 0 Å². The third-order valence-electron chi connectivity index (χ3n) is 4.25. The zero-order valence-electron chi connectivity index (χ0n) is 14.8. The maximum atomic E-state index is 12.7. The highest BCUT2D eigenvalue weighted by Crippen LogP contribution is 2.28. The summed E-state index contributed by atoms with van der Waals surface area (Å²) >= 11 is 1.27. The molecule has 28 heavy (non-hydrogen) atoms. The van der Waals surface area contributed by atoms with Crippen LogP contribution in [0.2, 0.25) is 0 Å². The van der Waals surface area contributed by atoms with Crippen LogP contribution in [-0.2, 0) is 10.0 Å². The Balaban J connectivity index is 1.63. The molecule has 0 saturated heterocycles. The second-order valence-electron chi connectivity index (χ2n) is 6.19. The highest BCUT2D eigenvalue weighted by Gasteiger charge is 2.19. The second kappa shape index (κ2) is 6.86. The quantitative estimate of drug-likeness (QED) is 0.536. The highest BCUT2D eigenvalue weighted by atomic mass is 32.2. The first-order valence-electron chi connectivity index (χ1n) is 8.31. The van der Waals surface area contributed by atoms with Gasteiger partial charge in [0, 0.05) is 23.1 Å². The number of carbonyl (C=O) groups is 1. The van der Waals surface area contributed by atoms with Crippen LogP contribution < -0.4 is 10.5 Å². The fourth-order valence-electron chi connectivity index (χ4n) is 2.85. The molecule has 142 valence electrons. The summed E-state index contributed by atoms with van der Waals surface area (Å²) in [4.78, 5) is 18.5. The van der Waals surface area contributed by atoms with Crippen molar-refractivity contribution in [1.82, 2.24) is 9.38 Å². The summed E-state index contributed by atoms with van der Waals surface area (Å²) in [6, 6.07) is 15.6. The number of thiazole rings is 1. The first kappa shape index (κ1) is 18.4. The number of aryl methyl sites for hydroxylation is 1. The molecule has 0 fully saturated rings. The van der Waals surface area contributed by atoms with E-state index in [0.29, 0.717) is 15.5 Å². The predicted molar refractivity (Wildman–Crippen MR) is 109 cm³/mol. The summed E-state index contributed by atoms with van der Waals surface area (Å²) in [5.74, 6) is -0.333. The van der Waals surface area contributed by atoms with E-state index in [1.165, 1.54) is 29.5 Å². The molecule has 0 saturated carbocycles. The first-order chi connectivity index (χ1) is 13.3. The van der Waals surface area contributed by atoms with E-state index in [1.54, 1.807) is 6.07 Å². The van der Waals surface area contributed by atoms with Gasteiger partial charge in [-0.1, -0.05) is 47.7 Å². The minimum Gasteiger partial charge on any atom is -0.321 e. The van der Waals surface area contributed by atoms with Crippen molar-refractivity contribution in [3.63, 3.8) is 0 Å². The van der Waals surface area contributed by atoms with Gasteiger partial charge in [0.15, 0.2) is 4.96 Å². The summed E-state index contributed by atoms with van der Waals surface area (Å²) in [6.07, 6.45) is 1.90. The van der Waals surface area contributed by atoms with E-state index in [9.17, 15) is 13.2 Å². The molecule has 0 aliphatic carbocycles. The van der Waals surface area contributed by atoms with Crippen LogP contribution in [0.1, 0.15) is 15.4 Å². The number of fused-ring (bicyclic) bond motifs is 1. The number of anilines is 1. The van der Waals surface area contributed by atoms with Crippen molar-refractivity contribution in [2.24, 2.45) is 5.14 Å². The molecule has 1 amide bonds. The lowest BCUT2D eigenvalue weighted by Gasteiger charge is -2.06. The number of hydrogen-bond acceptors (Lipinski definition) is 5. The molecule has 4 rings (SSSR count). The lowest BCUT2D eigenvalue weighted by atomic mass is 10.2. The number of sulfonamides is 1. The number of hydrogen-bond donors (Lipinski definition) is 2. The third kappa shape index (κ3) is 3.42. The number of nitrogens with zero attached hydrogens (tertiary/aromatic N) is 2. The third-order valence-corrected chi connectivity index (χ3v) is 6.32. The molecule has 9 heteroatoms. The number of rotatable bonds is 4. The SMILES string of the molecule is Cc1c(C(=O)Nc2cccc(S(N)(=O)=O)c2)sc2nc(-c3ccccc3)cn12. The van der Waals surface area contributed by atoms with E-state index >= 15 is 0 Å². The van der Waals surface area contributed by atoms with Crippen LogP contribution in [0.15, 0.2) is 65.7 Å². The number of amides is 1. The van der Waals surface area contributed by atoms with Gasteiger partial charge in [-0.05, 0) is 25.1 Å². The summed E-state index contributed by atoms with van der Waals surface area (Å²) in [5.41, 5.74) is 2.95. The summed E-state index contributed by atoms with van der Waals surface area (Å²) in [6.45, 7) is 1.84. The molecule has 0 unspecified atom stereocenters. The Bertz CT molecular complexity index is 1290. The topological polar surface area (TPSA) is 107 Å². The highest BCUT2D eigenvalue weighted by molar-refractivity contribution is 7.89. The number of imidazole rings is 1. The van der Waals surface area contributed by atoms with Gasteiger partial charge in [-0.25, -0.2) is 18.5 Å². The average Bonchev–Trinajstić information content (AvgIpc) is 3.22. The fourth-order valence-corrected chi connectivity index (χ4v) is 4.41. The molecule has 3 N–H and O–H groups in total. The van der Waals surface area contributed by atoms with Gasteiger partial charge in [0.1, 0.15) is 4.88 Å². The Labute approximate surface area is 165 Å². The average molecular weight is 412 g/mol. The number of benzene rings is 2. The van der Waals surface area contributed by atoms with Crippen LogP contribution in [0.4, 0.5) is 5.69 Å². The van der Waals surface area contributed by atoms with Crippen LogP contribution in [0, 0.1) is 6.92 Å². The predicted octanol–water partition coefficient (Wildman–Crippen LogP) is 3.27. The van der Waals surface area contributed by atoms with Crippen molar-refractivity contribution < 1.29 is 13.2 Å². The van der Waals surface area contributed by atoms with Gasteiger partial charge in [-0.3, -0.25) is 9.20 Å². The standard InChI is InChI=1S/C19H16N4O3S2/c1-12-17(18(24)21-14-8-5-9-15(10-14)28(20,25)26)27-19-22-16(11-23(12)19)13-6-3-2-4-7-13/h2-11H,1H3,(H,21,24)(H2,20,25,26). The van der Waals surface area contributed by atoms with Gasteiger partial charge in [0.05, 0.1) is 10.6 Å². The molecule has 2 aromatic carbocycles. The van der Waals surface area contributed by atoms with Gasteiger partial charge < -0.3 is 5.32 Å². The van der Waals surface area contributed by atoms with Crippen LogP contribution in [-0.4, -0.2) is 23.7 Å². The van der Waals surface area contributed by atoms with Gasteiger partial charge in [0.2, 0.25) is 10.0 Å². The number of nitrogens with two attached hydrogens (primary N) is 1. The van der Waals surface area contributed by atoms with Gasteiger partial charge in [0.25, 0.3) is 5.91 Å². The van der Waals surface area contributed by atoms with Crippen molar-refractivity contribution in [2.45, 2.75) is 11.8 Å². The Kier molecular flexibility index (Phi) is 4.50. The second-order valence-corrected chi connectivity index (χ2v) is 8.73. The maximum absolute atomic E-state index is 12.7. The molecular formula is C19H16N4O3S2. The molecule has 2 aromatic heterocycles. The molecule has 0 aliphatic heterocycles. The van der Waals surface area contributed by atoms with Gasteiger partial charge in [-0.2, -0.15) is 0 Å². The smallest absolute Gasteiger partial charge is 0.267 e. The molecule has 7 nitrogen and oxygen atoms in total. The Hall–Kier alpha value is -3.01. The monoisotopic (exact) mass is 412 g/mol. The molecule has 0 spiro atoms. The van der Waals surface area contributed by atoms with E-state index in [4.69, 9.17) is 5.14 Å². The van der Waals surface area contributed by atoms with E-state index in [-0.39, 0.29) is 10.8 Å². The minimum absolute atomic E-state index is 0.0597. The zero-order chi connectivity index (χ0) is 19.9. The first-order valence-corrected chi connectivity index (χ1v) is 10.7. The van der Waals surface area contributed by atoms with Crippen molar-refractivity contribution in [1.29, 1.82) is 0 Å². The van der Waals surface area contributed by atoms with Crippen molar-refractivity contribution in [3.8, 4) is 11.3 Å². The molecule has 0 atom stereocenters. The van der Waals surface area contributed by atoms with Crippen LogP contribution in [0.5, 0.6) is 0 Å². The number of primary sulfonamides is 1. The largest absolute Gasteiger partial charge is 0.321 e. The zero-order valence-corrected chi connectivity index (χ0v) is 16.4. The minimum atomic E-state index is -3.84.